The van der Waals surface area contributed by atoms with Crippen molar-refractivity contribution in [3.8, 4) is 5.75 Å². The average molecular weight is 514 g/mol. The molecule has 1 aliphatic rings. The number of carbonyl (C=O) groups is 2. The average Bonchev–Trinajstić information content (AvgIpc) is 3.05. The summed E-state index contributed by atoms with van der Waals surface area (Å²) >= 11 is 18.1. The van der Waals surface area contributed by atoms with Crippen molar-refractivity contribution in [2.45, 2.75) is 19.0 Å². The number of nitrogens with one attached hydrogen (secondary N) is 1. The lowest BCUT2D eigenvalue weighted by Crippen LogP contribution is -2.37. The second kappa shape index (κ2) is 10.4. The number of hydrogen-bond acceptors (Lipinski definition) is 4. The Hall–Kier alpha value is -3.13. The maximum absolute atomic E-state index is 13.5. The van der Waals surface area contributed by atoms with E-state index in [1.54, 1.807) is 66.6 Å². The normalized spacial score (nSPS) is 15.6. The van der Waals surface area contributed by atoms with Crippen LogP contribution in [0, 0.1) is 0 Å². The van der Waals surface area contributed by atoms with Crippen molar-refractivity contribution >= 4 is 63.7 Å². The van der Waals surface area contributed by atoms with Gasteiger partial charge in [-0.25, -0.2) is 0 Å². The van der Waals surface area contributed by atoms with E-state index in [0.29, 0.717) is 32.3 Å². The first-order valence-electron chi connectivity index (χ1n) is 10.4. The van der Waals surface area contributed by atoms with Gasteiger partial charge < -0.3 is 15.0 Å². The quantitative estimate of drug-likeness (QED) is 0.420. The molecular weight excluding hydrogens is 493 g/mol. The van der Waals surface area contributed by atoms with E-state index in [1.165, 1.54) is 4.90 Å². The fourth-order valence-electron chi connectivity index (χ4n) is 3.71. The molecule has 9 heteroatoms. The van der Waals surface area contributed by atoms with Crippen LogP contribution in [0.1, 0.15) is 12.0 Å². The van der Waals surface area contributed by atoms with Crippen LogP contribution in [0.2, 0.25) is 10.0 Å². The second-order valence-corrected chi connectivity index (χ2v) is 8.86. The van der Waals surface area contributed by atoms with E-state index < -0.39 is 6.04 Å². The predicted octanol–water partition coefficient (Wildman–Crippen LogP) is 5.53. The fourth-order valence-corrected chi connectivity index (χ4v) is 4.42. The lowest BCUT2D eigenvalue weighted by atomic mass is 10.1. The third kappa shape index (κ3) is 5.17. The molecule has 174 valence electrons. The molecule has 0 radical (unpaired) electrons. The number of anilines is 2. The van der Waals surface area contributed by atoms with E-state index in [2.05, 4.69) is 5.32 Å². The predicted molar refractivity (Wildman–Crippen MR) is 139 cm³/mol. The van der Waals surface area contributed by atoms with Crippen molar-refractivity contribution in [1.82, 2.24) is 4.90 Å². The molecule has 0 spiro atoms. The van der Waals surface area contributed by atoms with E-state index in [4.69, 9.17) is 40.2 Å². The number of rotatable bonds is 7. The van der Waals surface area contributed by atoms with Gasteiger partial charge in [0.25, 0.3) is 5.91 Å². The molecule has 3 aromatic carbocycles. The lowest BCUT2D eigenvalue weighted by molar-refractivity contribution is -0.124. The Morgan fingerprint density at radius 2 is 1.71 bits per heavy atom. The highest BCUT2D eigenvalue weighted by Gasteiger charge is 2.44. The Morgan fingerprint density at radius 3 is 2.35 bits per heavy atom. The molecule has 0 bridgehead atoms. The van der Waals surface area contributed by atoms with E-state index in [1.807, 2.05) is 18.2 Å². The number of amides is 2. The van der Waals surface area contributed by atoms with Gasteiger partial charge in [0.15, 0.2) is 5.11 Å². The molecular formula is C25H21Cl2N3O3S. The first-order chi connectivity index (χ1) is 16.4. The van der Waals surface area contributed by atoms with Crippen LogP contribution in [0.4, 0.5) is 11.4 Å². The van der Waals surface area contributed by atoms with Crippen LogP contribution >= 0.6 is 35.4 Å². The van der Waals surface area contributed by atoms with Crippen molar-refractivity contribution in [2.75, 3.05) is 17.3 Å². The molecule has 34 heavy (non-hydrogen) atoms. The second-order valence-electron chi connectivity index (χ2n) is 7.65. The SMILES string of the molecule is COc1ccc(NC(=O)C[C@@H]2C(=O)N(c3ccc(Cl)cc3)C(=S)N2Cc2ccccc2Cl)cc1. The summed E-state index contributed by atoms with van der Waals surface area (Å²) in [7, 11) is 1.57. The van der Waals surface area contributed by atoms with E-state index in [-0.39, 0.29) is 24.8 Å². The van der Waals surface area contributed by atoms with Crippen LogP contribution in [-0.2, 0) is 16.1 Å². The van der Waals surface area contributed by atoms with Crippen LogP contribution in [0.25, 0.3) is 0 Å². The third-order valence-corrected chi connectivity index (χ3v) is 6.49. The molecule has 0 aromatic heterocycles. The molecule has 1 atom stereocenters. The van der Waals surface area contributed by atoms with Gasteiger partial charge in [0.2, 0.25) is 5.91 Å². The minimum atomic E-state index is -0.794. The van der Waals surface area contributed by atoms with Crippen LogP contribution in [0.15, 0.2) is 72.8 Å². The van der Waals surface area contributed by atoms with E-state index >= 15 is 0 Å². The number of hydrogen-bond donors (Lipinski definition) is 1. The highest BCUT2D eigenvalue weighted by Crippen LogP contribution is 2.31. The highest BCUT2D eigenvalue weighted by atomic mass is 35.5. The zero-order valence-electron chi connectivity index (χ0n) is 18.2. The summed E-state index contributed by atoms with van der Waals surface area (Å²) in [4.78, 5) is 29.6. The van der Waals surface area contributed by atoms with Gasteiger partial charge in [0.05, 0.1) is 19.2 Å². The summed E-state index contributed by atoms with van der Waals surface area (Å²) in [6.45, 7) is 0.287. The van der Waals surface area contributed by atoms with Crippen LogP contribution in [0.3, 0.4) is 0 Å². The van der Waals surface area contributed by atoms with Gasteiger partial charge >= 0.3 is 0 Å². The molecule has 1 heterocycles. The van der Waals surface area contributed by atoms with Crippen molar-refractivity contribution in [3.63, 3.8) is 0 Å². The minimum Gasteiger partial charge on any atom is -0.497 e. The maximum atomic E-state index is 13.5. The summed E-state index contributed by atoms with van der Waals surface area (Å²) in [5.41, 5.74) is 1.99. The smallest absolute Gasteiger partial charge is 0.256 e. The van der Waals surface area contributed by atoms with Gasteiger partial charge in [-0.3, -0.25) is 14.5 Å². The third-order valence-electron chi connectivity index (χ3n) is 5.45. The van der Waals surface area contributed by atoms with E-state index in [0.717, 1.165) is 5.56 Å². The van der Waals surface area contributed by atoms with Gasteiger partial charge in [-0.1, -0.05) is 41.4 Å². The first kappa shape index (κ1) is 24.0. The molecule has 1 saturated heterocycles. The minimum absolute atomic E-state index is 0.0838. The van der Waals surface area contributed by atoms with Crippen LogP contribution in [0.5, 0.6) is 5.75 Å². The zero-order valence-corrected chi connectivity index (χ0v) is 20.5. The Balaban J connectivity index is 1.59. The summed E-state index contributed by atoms with van der Waals surface area (Å²) in [5, 5.41) is 4.24. The number of benzene rings is 3. The Bertz CT molecular complexity index is 1220. The monoisotopic (exact) mass is 513 g/mol. The largest absolute Gasteiger partial charge is 0.497 e. The summed E-state index contributed by atoms with van der Waals surface area (Å²) in [6.07, 6.45) is -0.0838. The van der Waals surface area contributed by atoms with Crippen LogP contribution in [-0.4, -0.2) is 35.0 Å². The molecule has 3 aromatic rings. The summed E-state index contributed by atoms with van der Waals surface area (Å²) < 4.78 is 5.15. The standard InChI is InChI=1S/C25H21Cl2N3O3S/c1-33-20-12-8-18(9-13-20)28-23(31)14-22-24(32)30(19-10-6-17(26)7-11-19)25(34)29(22)15-16-4-2-3-5-21(16)27/h2-13,22H,14-15H2,1H3,(H,28,31)/t22-/m1/s1. The molecule has 1 fully saturated rings. The lowest BCUT2D eigenvalue weighted by Gasteiger charge is -2.24. The van der Waals surface area contributed by atoms with Gasteiger partial charge in [0, 0.05) is 22.3 Å². The Labute approximate surface area is 213 Å². The fraction of sp³-hybridized carbons (Fsp3) is 0.160. The number of methoxy groups -OCH3 is 1. The maximum Gasteiger partial charge on any atom is 0.256 e. The highest BCUT2D eigenvalue weighted by molar-refractivity contribution is 7.80. The van der Waals surface area contributed by atoms with Crippen molar-refractivity contribution in [3.05, 3.63) is 88.4 Å². The number of halogens is 2. The van der Waals surface area contributed by atoms with Gasteiger partial charge in [-0.15, -0.1) is 0 Å². The molecule has 2 amide bonds. The number of carbonyl (C=O) groups excluding carboxylic acids is 2. The number of ether oxygens (including phenoxy) is 1. The van der Waals surface area contributed by atoms with Gasteiger partial charge in [-0.2, -0.15) is 0 Å². The van der Waals surface area contributed by atoms with Gasteiger partial charge in [0.1, 0.15) is 11.8 Å². The Morgan fingerprint density at radius 1 is 1.03 bits per heavy atom. The number of thiocarbonyl (C=S) groups is 1. The topological polar surface area (TPSA) is 61.9 Å². The first-order valence-corrected chi connectivity index (χ1v) is 11.6. The molecule has 1 aliphatic heterocycles. The molecule has 6 nitrogen and oxygen atoms in total. The molecule has 0 unspecified atom stereocenters. The zero-order chi connectivity index (χ0) is 24.2. The van der Waals surface area contributed by atoms with Crippen molar-refractivity contribution in [2.24, 2.45) is 0 Å². The summed E-state index contributed by atoms with van der Waals surface area (Å²) in [5.74, 6) is 0.0801. The molecule has 1 N–H and O–H groups in total. The molecule has 0 aliphatic carbocycles. The number of nitrogens with zero attached hydrogens (tertiary/aromatic N) is 2. The van der Waals surface area contributed by atoms with Crippen molar-refractivity contribution in [1.29, 1.82) is 0 Å². The van der Waals surface area contributed by atoms with Gasteiger partial charge in [-0.05, 0) is 72.4 Å². The Kier molecular flexibility index (Phi) is 7.36. The van der Waals surface area contributed by atoms with Crippen LogP contribution < -0.4 is 15.0 Å². The molecule has 4 rings (SSSR count). The van der Waals surface area contributed by atoms with Crippen molar-refractivity contribution < 1.29 is 14.3 Å². The molecule has 0 saturated carbocycles. The summed E-state index contributed by atoms with van der Waals surface area (Å²) in [6, 6.07) is 20.3. The van der Waals surface area contributed by atoms with E-state index in [9.17, 15) is 9.59 Å².